The molecule has 1 amide bonds. The van der Waals surface area contributed by atoms with Crippen LogP contribution in [0.5, 0.6) is 0 Å². The Hall–Kier alpha value is -3.60. The predicted molar refractivity (Wildman–Crippen MR) is 119 cm³/mol. The van der Waals surface area contributed by atoms with Crippen LogP contribution in [0.4, 0.5) is 11.4 Å². The average Bonchev–Trinajstić information content (AvgIpc) is 3.19. The Balaban J connectivity index is 1.78. The lowest BCUT2D eigenvalue weighted by atomic mass is 10.1. The molecule has 5 heteroatoms. The Morgan fingerprint density at radius 1 is 0.966 bits per heavy atom. The molecule has 0 radical (unpaired) electrons. The van der Waals surface area contributed by atoms with E-state index in [9.17, 15) is 4.79 Å². The highest BCUT2D eigenvalue weighted by Crippen LogP contribution is 2.32. The molecule has 0 saturated carbocycles. The van der Waals surface area contributed by atoms with E-state index < -0.39 is 0 Å². The van der Waals surface area contributed by atoms with Gasteiger partial charge < -0.3 is 15.2 Å². The maximum atomic E-state index is 12.8. The quantitative estimate of drug-likeness (QED) is 0.472. The van der Waals surface area contributed by atoms with E-state index >= 15 is 0 Å². The molecule has 146 valence electrons. The van der Waals surface area contributed by atoms with E-state index in [0.717, 1.165) is 46.9 Å². The molecule has 0 aliphatic carbocycles. The molecule has 4 aromatic rings. The smallest absolute Gasteiger partial charge is 0.255 e. The molecular weight excluding hydrogens is 360 g/mol. The molecule has 4 rings (SSSR count). The number of hydrogen-bond acceptors (Lipinski definition) is 3. The van der Waals surface area contributed by atoms with Crippen LogP contribution in [-0.4, -0.2) is 29.0 Å². The van der Waals surface area contributed by atoms with Crippen LogP contribution in [0.3, 0.4) is 0 Å². The van der Waals surface area contributed by atoms with Crippen molar-refractivity contribution >= 4 is 28.3 Å². The van der Waals surface area contributed by atoms with Gasteiger partial charge in [-0.1, -0.05) is 48.5 Å². The topological polar surface area (TPSA) is 61.0 Å². The number of aromatic nitrogens is 2. The van der Waals surface area contributed by atoms with E-state index in [1.807, 2.05) is 66.7 Å². The number of carbonyl (C=O) groups is 1. The first-order valence-electron chi connectivity index (χ1n) is 9.90. The fraction of sp³-hybridized carbons (Fsp3) is 0.167. The van der Waals surface area contributed by atoms with Crippen LogP contribution in [0.1, 0.15) is 24.2 Å². The Morgan fingerprint density at radius 3 is 2.28 bits per heavy atom. The molecule has 0 saturated heterocycles. The Bertz CT molecular complexity index is 1120. The third-order valence-electron chi connectivity index (χ3n) is 5.03. The van der Waals surface area contributed by atoms with Crippen LogP contribution in [0.15, 0.2) is 72.8 Å². The molecule has 0 aliphatic rings. The normalized spacial score (nSPS) is 10.8. The van der Waals surface area contributed by atoms with Crippen molar-refractivity contribution in [3.05, 3.63) is 78.4 Å². The first kappa shape index (κ1) is 18.7. The van der Waals surface area contributed by atoms with E-state index in [0.29, 0.717) is 5.56 Å². The van der Waals surface area contributed by atoms with Crippen LogP contribution in [0, 0.1) is 0 Å². The lowest BCUT2D eigenvalue weighted by molar-refractivity contribution is 0.102. The Morgan fingerprint density at radius 2 is 1.62 bits per heavy atom. The largest absolute Gasteiger partial charge is 0.370 e. The second-order valence-electron chi connectivity index (χ2n) is 6.83. The van der Waals surface area contributed by atoms with E-state index in [4.69, 9.17) is 4.98 Å². The van der Waals surface area contributed by atoms with Gasteiger partial charge in [0.1, 0.15) is 5.82 Å². The van der Waals surface area contributed by atoms with Gasteiger partial charge in [0.15, 0.2) is 0 Å². The summed E-state index contributed by atoms with van der Waals surface area (Å²) in [6.07, 6.45) is 0. The maximum absolute atomic E-state index is 12.8. The first-order valence-corrected chi connectivity index (χ1v) is 9.90. The van der Waals surface area contributed by atoms with Crippen molar-refractivity contribution in [3.63, 3.8) is 0 Å². The summed E-state index contributed by atoms with van der Waals surface area (Å²) in [5.74, 6) is 0.690. The molecular formula is C24H24N4O. The third kappa shape index (κ3) is 3.85. The Labute approximate surface area is 170 Å². The number of nitrogens with one attached hydrogen (secondary N) is 2. The average molecular weight is 384 g/mol. The molecule has 29 heavy (non-hydrogen) atoms. The molecule has 0 bridgehead atoms. The molecule has 0 fully saturated rings. The number of amides is 1. The summed E-state index contributed by atoms with van der Waals surface area (Å²) in [6.45, 7) is 5.91. The van der Waals surface area contributed by atoms with Gasteiger partial charge in [0, 0.05) is 24.2 Å². The number of H-pyrrole nitrogens is 1. The van der Waals surface area contributed by atoms with Gasteiger partial charge >= 0.3 is 0 Å². The van der Waals surface area contributed by atoms with E-state index in [-0.39, 0.29) is 5.91 Å². The standard InChI is InChI=1S/C24H24N4O/c1-3-28(4-2)22-16-20-19(25-23(26-20)17-11-7-5-8-12-17)15-21(22)27-24(29)18-13-9-6-10-14-18/h5-16H,3-4H2,1-2H3,(H,25,26)(H,27,29). The van der Waals surface area contributed by atoms with Crippen molar-refractivity contribution in [2.45, 2.75) is 13.8 Å². The van der Waals surface area contributed by atoms with Crippen LogP contribution in [0.25, 0.3) is 22.4 Å². The van der Waals surface area contributed by atoms with Gasteiger partial charge in [-0.3, -0.25) is 4.79 Å². The number of aromatic amines is 1. The van der Waals surface area contributed by atoms with E-state index in [2.05, 4.69) is 35.1 Å². The van der Waals surface area contributed by atoms with Crippen molar-refractivity contribution in [1.82, 2.24) is 9.97 Å². The van der Waals surface area contributed by atoms with Crippen molar-refractivity contribution in [2.75, 3.05) is 23.3 Å². The summed E-state index contributed by atoms with van der Waals surface area (Å²) in [5, 5.41) is 3.08. The Kier molecular flexibility index (Phi) is 5.29. The van der Waals surface area contributed by atoms with Gasteiger partial charge in [-0.05, 0) is 38.1 Å². The fourth-order valence-corrected chi connectivity index (χ4v) is 3.49. The maximum Gasteiger partial charge on any atom is 0.255 e. The van der Waals surface area contributed by atoms with Crippen LogP contribution < -0.4 is 10.2 Å². The molecule has 0 atom stereocenters. The zero-order valence-corrected chi connectivity index (χ0v) is 16.6. The highest BCUT2D eigenvalue weighted by Gasteiger charge is 2.16. The van der Waals surface area contributed by atoms with E-state index in [1.54, 1.807) is 0 Å². The fourth-order valence-electron chi connectivity index (χ4n) is 3.49. The van der Waals surface area contributed by atoms with Crippen LogP contribution in [-0.2, 0) is 0 Å². The molecule has 3 aromatic carbocycles. The molecule has 5 nitrogen and oxygen atoms in total. The van der Waals surface area contributed by atoms with Gasteiger partial charge in [-0.15, -0.1) is 0 Å². The number of hydrogen-bond donors (Lipinski definition) is 2. The first-order chi connectivity index (χ1) is 14.2. The number of carbonyl (C=O) groups excluding carboxylic acids is 1. The lowest BCUT2D eigenvalue weighted by Crippen LogP contribution is -2.24. The number of nitrogens with zero attached hydrogens (tertiary/aromatic N) is 2. The summed E-state index contributed by atoms with van der Waals surface area (Å²) in [4.78, 5) is 23.2. The molecule has 1 aromatic heterocycles. The minimum absolute atomic E-state index is 0.128. The molecule has 2 N–H and O–H groups in total. The number of rotatable bonds is 6. The zero-order chi connectivity index (χ0) is 20.2. The molecule has 0 aliphatic heterocycles. The zero-order valence-electron chi connectivity index (χ0n) is 16.6. The lowest BCUT2D eigenvalue weighted by Gasteiger charge is -2.24. The number of anilines is 2. The van der Waals surface area contributed by atoms with Crippen molar-refractivity contribution in [1.29, 1.82) is 0 Å². The molecule has 0 spiro atoms. The SMILES string of the molecule is CCN(CC)c1cc2[nH]c(-c3ccccc3)nc2cc1NC(=O)c1ccccc1. The van der Waals surface area contributed by atoms with Crippen LogP contribution >= 0.6 is 0 Å². The van der Waals surface area contributed by atoms with Gasteiger partial charge in [-0.2, -0.15) is 0 Å². The minimum Gasteiger partial charge on any atom is -0.370 e. The monoisotopic (exact) mass is 384 g/mol. The van der Waals surface area contributed by atoms with Gasteiger partial charge in [-0.25, -0.2) is 4.98 Å². The molecule has 0 unspecified atom stereocenters. The summed E-state index contributed by atoms with van der Waals surface area (Å²) in [7, 11) is 0. The summed E-state index contributed by atoms with van der Waals surface area (Å²) >= 11 is 0. The molecule has 1 heterocycles. The predicted octanol–water partition coefficient (Wildman–Crippen LogP) is 5.33. The van der Waals surface area contributed by atoms with Crippen molar-refractivity contribution in [3.8, 4) is 11.4 Å². The highest BCUT2D eigenvalue weighted by molar-refractivity contribution is 6.07. The van der Waals surface area contributed by atoms with Gasteiger partial charge in [0.2, 0.25) is 0 Å². The highest BCUT2D eigenvalue weighted by atomic mass is 16.1. The van der Waals surface area contributed by atoms with E-state index in [1.165, 1.54) is 0 Å². The summed E-state index contributed by atoms with van der Waals surface area (Å²) in [5.41, 5.74) is 5.18. The second-order valence-corrected chi connectivity index (χ2v) is 6.83. The number of fused-ring (bicyclic) bond motifs is 1. The summed E-state index contributed by atoms with van der Waals surface area (Å²) in [6, 6.07) is 23.3. The van der Waals surface area contributed by atoms with Gasteiger partial charge in [0.25, 0.3) is 5.91 Å². The third-order valence-corrected chi connectivity index (χ3v) is 5.03. The second kappa shape index (κ2) is 8.19. The minimum atomic E-state index is -0.128. The number of imidazole rings is 1. The summed E-state index contributed by atoms with van der Waals surface area (Å²) < 4.78 is 0. The van der Waals surface area contributed by atoms with Crippen molar-refractivity contribution < 1.29 is 4.79 Å². The van der Waals surface area contributed by atoms with Crippen LogP contribution in [0.2, 0.25) is 0 Å². The van der Waals surface area contributed by atoms with Gasteiger partial charge in [0.05, 0.1) is 22.4 Å². The van der Waals surface area contributed by atoms with Crippen molar-refractivity contribution in [2.24, 2.45) is 0 Å². The number of benzene rings is 3.